The summed E-state index contributed by atoms with van der Waals surface area (Å²) in [6.07, 6.45) is 3.05. The molecule has 0 unspecified atom stereocenters. The predicted molar refractivity (Wildman–Crippen MR) is 92.8 cm³/mol. The van der Waals surface area contributed by atoms with Crippen molar-refractivity contribution < 1.29 is 9.13 Å². The zero-order chi connectivity index (χ0) is 16.5. The van der Waals surface area contributed by atoms with Crippen LogP contribution in [-0.4, -0.2) is 32.3 Å². The largest absolute Gasteiger partial charge is 0.493 e. The molecular weight excluding hydrogens is 293 g/mol. The van der Waals surface area contributed by atoms with Crippen LogP contribution in [0, 0.1) is 12.8 Å². The van der Waals surface area contributed by atoms with Gasteiger partial charge in [-0.05, 0) is 50.7 Å². The SMILES string of the molecule is CCNC(=NCc1ccc(C)cc1OCC1CC1)NCCCF. The number of hydrogen-bond acceptors (Lipinski definition) is 2. The zero-order valence-electron chi connectivity index (χ0n) is 14.2. The molecule has 23 heavy (non-hydrogen) atoms. The molecule has 2 rings (SSSR count). The third kappa shape index (κ3) is 6.47. The van der Waals surface area contributed by atoms with Crippen LogP contribution in [-0.2, 0) is 6.54 Å². The second-order valence-corrected chi connectivity index (χ2v) is 6.03. The number of ether oxygens (including phenoxy) is 1. The third-order valence-electron chi connectivity index (χ3n) is 3.75. The number of aliphatic imine (C=N–C) groups is 1. The number of rotatable bonds is 9. The number of alkyl halides is 1. The smallest absolute Gasteiger partial charge is 0.191 e. The molecule has 0 atom stereocenters. The second kappa shape index (κ2) is 9.38. The Labute approximate surface area is 138 Å². The van der Waals surface area contributed by atoms with Gasteiger partial charge in [0.2, 0.25) is 0 Å². The highest BCUT2D eigenvalue weighted by molar-refractivity contribution is 5.79. The summed E-state index contributed by atoms with van der Waals surface area (Å²) >= 11 is 0. The van der Waals surface area contributed by atoms with Crippen molar-refractivity contribution >= 4 is 5.96 Å². The molecule has 1 aliphatic carbocycles. The molecule has 1 saturated carbocycles. The van der Waals surface area contributed by atoms with E-state index in [1.54, 1.807) is 0 Å². The molecule has 0 heterocycles. The number of nitrogens with zero attached hydrogens (tertiary/aromatic N) is 1. The van der Waals surface area contributed by atoms with Gasteiger partial charge < -0.3 is 15.4 Å². The van der Waals surface area contributed by atoms with Gasteiger partial charge in [0, 0.05) is 18.7 Å². The molecule has 0 aliphatic heterocycles. The number of aryl methyl sites for hydroxylation is 1. The topological polar surface area (TPSA) is 45.7 Å². The molecule has 1 aliphatic rings. The van der Waals surface area contributed by atoms with Gasteiger partial charge in [0.05, 0.1) is 19.8 Å². The third-order valence-corrected chi connectivity index (χ3v) is 3.75. The first kappa shape index (κ1) is 17.6. The monoisotopic (exact) mass is 321 g/mol. The standard InChI is InChI=1S/C18H28FN3O/c1-3-20-18(21-10-4-9-19)22-12-16-8-5-14(2)11-17(16)23-13-15-6-7-15/h5,8,11,15H,3-4,6-7,9-10,12-13H2,1-2H3,(H2,20,21,22). The maximum absolute atomic E-state index is 12.2. The molecule has 1 fully saturated rings. The second-order valence-electron chi connectivity index (χ2n) is 6.03. The lowest BCUT2D eigenvalue weighted by atomic mass is 10.1. The van der Waals surface area contributed by atoms with Crippen molar-refractivity contribution in [1.82, 2.24) is 10.6 Å². The fourth-order valence-corrected chi connectivity index (χ4v) is 2.20. The Hall–Kier alpha value is -1.78. The van der Waals surface area contributed by atoms with Crippen LogP contribution < -0.4 is 15.4 Å². The summed E-state index contributed by atoms with van der Waals surface area (Å²) in [6, 6.07) is 6.24. The molecule has 0 radical (unpaired) electrons. The van der Waals surface area contributed by atoms with Crippen LogP contribution in [0.15, 0.2) is 23.2 Å². The van der Waals surface area contributed by atoms with Gasteiger partial charge in [-0.3, -0.25) is 4.39 Å². The summed E-state index contributed by atoms with van der Waals surface area (Å²) in [5.74, 6) is 2.38. The van der Waals surface area contributed by atoms with Crippen molar-refractivity contribution in [2.45, 2.75) is 39.7 Å². The Morgan fingerprint density at radius 2 is 2.17 bits per heavy atom. The van der Waals surface area contributed by atoms with Gasteiger partial charge in [-0.15, -0.1) is 0 Å². The van der Waals surface area contributed by atoms with Crippen LogP contribution in [0.25, 0.3) is 0 Å². The molecule has 0 amide bonds. The van der Waals surface area contributed by atoms with Gasteiger partial charge in [0.1, 0.15) is 5.75 Å². The van der Waals surface area contributed by atoms with Gasteiger partial charge in [0.25, 0.3) is 0 Å². The van der Waals surface area contributed by atoms with Crippen LogP contribution in [0.1, 0.15) is 37.3 Å². The number of nitrogens with one attached hydrogen (secondary N) is 2. The minimum absolute atomic E-state index is 0.316. The van der Waals surface area contributed by atoms with Crippen molar-refractivity contribution in [3.63, 3.8) is 0 Å². The van der Waals surface area contributed by atoms with E-state index in [1.807, 2.05) is 6.92 Å². The number of benzene rings is 1. The van der Waals surface area contributed by atoms with Crippen molar-refractivity contribution in [2.75, 3.05) is 26.4 Å². The molecule has 128 valence electrons. The Bertz CT molecular complexity index is 515. The Kier molecular flexibility index (Phi) is 7.17. The maximum Gasteiger partial charge on any atom is 0.191 e. The summed E-state index contributed by atoms with van der Waals surface area (Å²) in [5.41, 5.74) is 2.27. The van der Waals surface area contributed by atoms with E-state index in [0.29, 0.717) is 19.5 Å². The minimum Gasteiger partial charge on any atom is -0.493 e. The van der Waals surface area contributed by atoms with Crippen LogP contribution in [0.3, 0.4) is 0 Å². The lowest BCUT2D eigenvalue weighted by Crippen LogP contribution is -2.37. The molecular formula is C18H28FN3O. The Morgan fingerprint density at radius 3 is 2.87 bits per heavy atom. The molecule has 0 bridgehead atoms. The van der Waals surface area contributed by atoms with Crippen molar-refractivity contribution in [1.29, 1.82) is 0 Å². The lowest BCUT2D eigenvalue weighted by Gasteiger charge is -2.13. The van der Waals surface area contributed by atoms with Gasteiger partial charge >= 0.3 is 0 Å². The maximum atomic E-state index is 12.2. The molecule has 1 aromatic carbocycles. The lowest BCUT2D eigenvalue weighted by molar-refractivity contribution is 0.296. The summed E-state index contributed by atoms with van der Waals surface area (Å²) in [4.78, 5) is 4.58. The van der Waals surface area contributed by atoms with Crippen LogP contribution in [0.5, 0.6) is 5.75 Å². The van der Waals surface area contributed by atoms with Crippen LogP contribution >= 0.6 is 0 Å². The molecule has 0 saturated heterocycles. The first-order valence-electron chi connectivity index (χ1n) is 8.53. The average Bonchev–Trinajstić information content (AvgIpc) is 3.36. The highest BCUT2D eigenvalue weighted by Crippen LogP contribution is 2.30. The molecule has 4 nitrogen and oxygen atoms in total. The van der Waals surface area contributed by atoms with Crippen molar-refractivity contribution in [3.8, 4) is 5.75 Å². The summed E-state index contributed by atoms with van der Waals surface area (Å²) in [6.45, 7) is 6.48. The summed E-state index contributed by atoms with van der Waals surface area (Å²) < 4.78 is 18.2. The van der Waals surface area contributed by atoms with Gasteiger partial charge in [-0.1, -0.05) is 12.1 Å². The quantitative estimate of drug-likeness (QED) is 0.417. The van der Waals surface area contributed by atoms with Crippen LogP contribution in [0.4, 0.5) is 4.39 Å². The van der Waals surface area contributed by atoms with E-state index >= 15 is 0 Å². The first-order valence-corrected chi connectivity index (χ1v) is 8.53. The predicted octanol–water partition coefficient (Wildman–Crippen LogP) is 3.20. The Morgan fingerprint density at radius 1 is 1.35 bits per heavy atom. The molecule has 0 spiro atoms. The Balaban J connectivity index is 1.98. The van der Waals surface area contributed by atoms with E-state index in [0.717, 1.165) is 36.3 Å². The average molecular weight is 321 g/mol. The van der Waals surface area contributed by atoms with E-state index in [1.165, 1.54) is 18.4 Å². The molecule has 5 heteroatoms. The first-order chi connectivity index (χ1) is 11.2. The highest BCUT2D eigenvalue weighted by atomic mass is 19.1. The number of halogens is 1. The number of guanidine groups is 1. The van der Waals surface area contributed by atoms with Crippen molar-refractivity contribution in [3.05, 3.63) is 29.3 Å². The fraction of sp³-hybridized carbons (Fsp3) is 0.611. The van der Waals surface area contributed by atoms with E-state index < -0.39 is 0 Å². The minimum atomic E-state index is -0.316. The van der Waals surface area contributed by atoms with E-state index in [4.69, 9.17) is 4.74 Å². The normalized spacial score (nSPS) is 14.7. The van der Waals surface area contributed by atoms with Crippen LogP contribution in [0.2, 0.25) is 0 Å². The van der Waals surface area contributed by atoms with Gasteiger partial charge in [-0.25, -0.2) is 4.99 Å². The molecule has 1 aromatic rings. The van der Waals surface area contributed by atoms with E-state index in [-0.39, 0.29) is 6.67 Å². The van der Waals surface area contributed by atoms with Gasteiger partial charge in [0.15, 0.2) is 5.96 Å². The van der Waals surface area contributed by atoms with E-state index in [9.17, 15) is 4.39 Å². The number of hydrogen-bond donors (Lipinski definition) is 2. The van der Waals surface area contributed by atoms with Gasteiger partial charge in [-0.2, -0.15) is 0 Å². The summed E-state index contributed by atoms with van der Waals surface area (Å²) in [7, 11) is 0. The molecule has 0 aromatic heterocycles. The fourth-order valence-electron chi connectivity index (χ4n) is 2.20. The highest BCUT2D eigenvalue weighted by Gasteiger charge is 2.22. The van der Waals surface area contributed by atoms with Crippen molar-refractivity contribution in [2.24, 2.45) is 10.9 Å². The zero-order valence-corrected chi connectivity index (χ0v) is 14.2. The summed E-state index contributed by atoms with van der Waals surface area (Å²) in [5, 5.41) is 6.32. The molecule has 2 N–H and O–H groups in total. The van der Waals surface area contributed by atoms with E-state index in [2.05, 4.69) is 40.7 Å².